The van der Waals surface area contributed by atoms with Crippen LogP contribution in [0.2, 0.25) is 0 Å². The van der Waals surface area contributed by atoms with E-state index in [1.807, 2.05) is 30.3 Å². The van der Waals surface area contributed by atoms with E-state index >= 15 is 0 Å². The first-order chi connectivity index (χ1) is 9.38. The Morgan fingerprint density at radius 2 is 1.95 bits per heavy atom. The summed E-state index contributed by atoms with van der Waals surface area (Å²) in [6, 6.07) is 9.33. The number of hydrogen-bond donors (Lipinski definition) is 1. The number of alkyl halides is 3. The van der Waals surface area contributed by atoms with Crippen LogP contribution in [0.3, 0.4) is 0 Å². The molecule has 1 heterocycles. The molecule has 2 atom stereocenters. The number of nitrogens with zero attached hydrogens (tertiary/aromatic N) is 1. The molecule has 0 spiro atoms. The highest BCUT2D eigenvalue weighted by Gasteiger charge is 2.49. The number of benzene rings is 1. The van der Waals surface area contributed by atoms with Gasteiger partial charge in [-0.3, -0.25) is 9.69 Å². The minimum Gasteiger partial charge on any atom is -0.481 e. The fourth-order valence-corrected chi connectivity index (χ4v) is 2.65. The normalized spacial score (nSPS) is 24.6. The highest BCUT2D eigenvalue weighted by Crippen LogP contribution is 2.38. The molecule has 110 valence electrons. The average Bonchev–Trinajstić information content (AvgIpc) is 2.38. The van der Waals surface area contributed by atoms with Crippen molar-refractivity contribution in [3.05, 3.63) is 35.9 Å². The van der Waals surface area contributed by atoms with Gasteiger partial charge in [0.15, 0.2) is 0 Å². The molecule has 20 heavy (non-hydrogen) atoms. The lowest BCUT2D eigenvalue weighted by Crippen LogP contribution is -2.48. The summed E-state index contributed by atoms with van der Waals surface area (Å²) in [6.45, 7) is 0.687. The van der Waals surface area contributed by atoms with Crippen molar-refractivity contribution in [1.82, 2.24) is 4.90 Å². The Bertz CT molecular complexity index is 461. The quantitative estimate of drug-likeness (QED) is 0.929. The topological polar surface area (TPSA) is 40.5 Å². The Kier molecular flexibility index (Phi) is 4.32. The standard InChI is InChI=1S/C14H16F3NO2/c15-14(16,17)12-6-7-18(9-11(12)13(19)20)8-10-4-2-1-3-5-10/h1-5,11-12H,6-9H2,(H,19,20). The van der Waals surface area contributed by atoms with Crippen LogP contribution in [0.25, 0.3) is 0 Å². The van der Waals surface area contributed by atoms with Crippen LogP contribution in [0.5, 0.6) is 0 Å². The number of carboxylic acid groups (broad SMARTS) is 1. The molecule has 0 bridgehead atoms. The number of aliphatic carboxylic acids is 1. The SMILES string of the molecule is O=C(O)C1CN(Cc2ccccc2)CCC1C(F)(F)F. The first-order valence-electron chi connectivity index (χ1n) is 6.43. The van der Waals surface area contributed by atoms with E-state index in [0.29, 0.717) is 6.54 Å². The zero-order valence-corrected chi connectivity index (χ0v) is 10.8. The molecule has 1 fully saturated rings. The molecule has 1 aromatic rings. The first kappa shape index (κ1) is 14.8. The van der Waals surface area contributed by atoms with Crippen LogP contribution >= 0.6 is 0 Å². The number of halogens is 3. The number of carbonyl (C=O) groups is 1. The third-order valence-electron chi connectivity index (χ3n) is 3.68. The van der Waals surface area contributed by atoms with Gasteiger partial charge < -0.3 is 5.11 Å². The number of piperidine rings is 1. The van der Waals surface area contributed by atoms with Crippen LogP contribution in [0.15, 0.2) is 30.3 Å². The maximum atomic E-state index is 12.8. The van der Waals surface area contributed by atoms with E-state index in [1.54, 1.807) is 4.90 Å². The van der Waals surface area contributed by atoms with E-state index in [-0.39, 0.29) is 19.5 Å². The van der Waals surface area contributed by atoms with Crippen molar-refractivity contribution in [2.24, 2.45) is 11.8 Å². The number of hydrogen-bond acceptors (Lipinski definition) is 2. The van der Waals surface area contributed by atoms with E-state index in [2.05, 4.69) is 0 Å². The van der Waals surface area contributed by atoms with Gasteiger partial charge in [0.2, 0.25) is 0 Å². The molecule has 0 aromatic heterocycles. The van der Waals surface area contributed by atoms with Crippen LogP contribution in [-0.2, 0) is 11.3 Å². The van der Waals surface area contributed by atoms with Crippen LogP contribution in [0.1, 0.15) is 12.0 Å². The second-order valence-electron chi connectivity index (χ2n) is 5.10. The fourth-order valence-electron chi connectivity index (χ4n) is 2.65. The molecule has 1 saturated heterocycles. The maximum absolute atomic E-state index is 12.8. The molecule has 0 aliphatic carbocycles. The summed E-state index contributed by atoms with van der Waals surface area (Å²) < 4.78 is 38.5. The Hall–Kier alpha value is -1.56. The smallest absolute Gasteiger partial charge is 0.392 e. The molecule has 0 saturated carbocycles. The summed E-state index contributed by atoms with van der Waals surface area (Å²) in [5.74, 6) is -4.50. The van der Waals surface area contributed by atoms with Gasteiger partial charge in [0, 0.05) is 13.1 Å². The van der Waals surface area contributed by atoms with E-state index in [9.17, 15) is 18.0 Å². The van der Waals surface area contributed by atoms with Crippen molar-refractivity contribution in [2.45, 2.75) is 19.1 Å². The predicted octanol–water partition coefficient (Wildman–Crippen LogP) is 2.77. The molecular weight excluding hydrogens is 271 g/mol. The molecule has 3 nitrogen and oxygen atoms in total. The number of likely N-dealkylation sites (tertiary alicyclic amines) is 1. The summed E-state index contributed by atoms with van der Waals surface area (Å²) in [4.78, 5) is 12.9. The first-order valence-corrected chi connectivity index (χ1v) is 6.43. The van der Waals surface area contributed by atoms with Crippen molar-refractivity contribution >= 4 is 5.97 Å². The average molecular weight is 287 g/mol. The van der Waals surface area contributed by atoms with Gasteiger partial charge in [-0.1, -0.05) is 30.3 Å². The number of rotatable bonds is 3. The Labute approximate surface area is 115 Å². The van der Waals surface area contributed by atoms with Gasteiger partial charge in [0.25, 0.3) is 0 Å². The van der Waals surface area contributed by atoms with Gasteiger partial charge in [-0.25, -0.2) is 0 Å². The van der Waals surface area contributed by atoms with Crippen molar-refractivity contribution in [3.8, 4) is 0 Å². The summed E-state index contributed by atoms with van der Waals surface area (Å²) in [6.07, 6.45) is -4.60. The lowest BCUT2D eigenvalue weighted by atomic mass is 9.85. The van der Waals surface area contributed by atoms with Gasteiger partial charge >= 0.3 is 12.1 Å². The highest BCUT2D eigenvalue weighted by molar-refractivity contribution is 5.71. The summed E-state index contributed by atoms with van der Waals surface area (Å²) in [7, 11) is 0. The number of carboxylic acids is 1. The molecule has 0 amide bonds. The monoisotopic (exact) mass is 287 g/mol. The summed E-state index contributed by atoms with van der Waals surface area (Å²) >= 11 is 0. The third-order valence-corrected chi connectivity index (χ3v) is 3.68. The van der Waals surface area contributed by atoms with Crippen LogP contribution in [0.4, 0.5) is 13.2 Å². The van der Waals surface area contributed by atoms with Crippen molar-refractivity contribution in [3.63, 3.8) is 0 Å². The van der Waals surface area contributed by atoms with Crippen LogP contribution in [-0.4, -0.2) is 35.2 Å². The fraction of sp³-hybridized carbons (Fsp3) is 0.500. The van der Waals surface area contributed by atoms with Crippen LogP contribution in [0, 0.1) is 11.8 Å². The largest absolute Gasteiger partial charge is 0.481 e. The van der Waals surface area contributed by atoms with Crippen molar-refractivity contribution in [2.75, 3.05) is 13.1 Å². The van der Waals surface area contributed by atoms with E-state index < -0.39 is 24.0 Å². The lowest BCUT2D eigenvalue weighted by Gasteiger charge is -2.37. The van der Waals surface area contributed by atoms with Gasteiger partial charge in [-0.15, -0.1) is 0 Å². The Balaban J connectivity index is 2.05. The van der Waals surface area contributed by atoms with E-state index in [0.717, 1.165) is 5.56 Å². The minimum atomic E-state index is -4.44. The minimum absolute atomic E-state index is 0.0611. The highest BCUT2D eigenvalue weighted by atomic mass is 19.4. The summed E-state index contributed by atoms with van der Waals surface area (Å²) in [5.41, 5.74) is 0.974. The molecule has 1 aromatic carbocycles. The van der Waals surface area contributed by atoms with Crippen molar-refractivity contribution in [1.29, 1.82) is 0 Å². The molecule has 1 aliphatic rings. The van der Waals surface area contributed by atoms with Gasteiger partial charge in [0.05, 0.1) is 11.8 Å². The van der Waals surface area contributed by atoms with Crippen molar-refractivity contribution < 1.29 is 23.1 Å². The maximum Gasteiger partial charge on any atom is 0.392 e. The zero-order chi connectivity index (χ0) is 14.8. The van der Waals surface area contributed by atoms with Crippen LogP contribution < -0.4 is 0 Å². The zero-order valence-electron chi connectivity index (χ0n) is 10.8. The van der Waals surface area contributed by atoms with Gasteiger partial charge in [-0.2, -0.15) is 13.2 Å². The second-order valence-corrected chi connectivity index (χ2v) is 5.10. The molecule has 1 N–H and O–H groups in total. The summed E-state index contributed by atoms with van der Waals surface area (Å²) in [5, 5.41) is 9.03. The Morgan fingerprint density at radius 1 is 1.30 bits per heavy atom. The Morgan fingerprint density at radius 3 is 2.50 bits per heavy atom. The van der Waals surface area contributed by atoms with Gasteiger partial charge in [0.1, 0.15) is 0 Å². The van der Waals surface area contributed by atoms with E-state index in [4.69, 9.17) is 5.11 Å². The predicted molar refractivity (Wildman–Crippen MR) is 67.0 cm³/mol. The molecule has 1 aliphatic heterocycles. The van der Waals surface area contributed by atoms with Gasteiger partial charge in [-0.05, 0) is 18.5 Å². The third kappa shape index (κ3) is 3.50. The molecular formula is C14H16F3NO2. The molecule has 0 radical (unpaired) electrons. The molecule has 6 heteroatoms. The molecule has 2 unspecified atom stereocenters. The molecule has 2 rings (SSSR count). The second kappa shape index (κ2) is 5.83. The lowest BCUT2D eigenvalue weighted by molar-refractivity contribution is -0.207. The van der Waals surface area contributed by atoms with E-state index in [1.165, 1.54) is 0 Å².